The minimum atomic E-state index is 0.539. The first kappa shape index (κ1) is 14.3. The van der Waals surface area contributed by atoms with E-state index in [1.165, 1.54) is 6.42 Å². The summed E-state index contributed by atoms with van der Waals surface area (Å²) in [5.41, 5.74) is 0. The van der Waals surface area contributed by atoms with Crippen molar-refractivity contribution in [3.8, 4) is 0 Å². The highest BCUT2D eigenvalue weighted by Gasteiger charge is 2.08. The van der Waals surface area contributed by atoms with Crippen LogP contribution in [0.15, 0.2) is 22.8 Å². The second-order valence-electron chi connectivity index (χ2n) is 5.18. The van der Waals surface area contributed by atoms with Gasteiger partial charge in [-0.1, -0.05) is 0 Å². The Kier molecular flexibility index (Phi) is 6.30. The zero-order chi connectivity index (χ0) is 12.7. The van der Waals surface area contributed by atoms with Crippen molar-refractivity contribution < 1.29 is 4.42 Å². The minimum Gasteiger partial charge on any atom is -0.469 e. The smallest absolute Gasteiger partial charge is 0.103 e. The van der Waals surface area contributed by atoms with Crippen LogP contribution in [0.2, 0.25) is 0 Å². The van der Waals surface area contributed by atoms with Crippen LogP contribution in [0.3, 0.4) is 0 Å². The SMILES string of the molecule is CC(CCc1ccco1)NC(C)CCN(C)C. The quantitative estimate of drug-likeness (QED) is 0.754. The van der Waals surface area contributed by atoms with Gasteiger partial charge in [0.05, 0.1) is 6.26 Å². The molecule has 3 heteroatoms. The summed E-state index contributed by atoms with van der Waals surface area (Å²) in [5.74, 6) is 1.08. The van der Waals surface area contributed by atoms with Crippen LogP contribution in [0, 0.1) is 0 Å². The molecule has 2 atom stereocenters. The molecule has 0 aromatic carbocycles. The molecule has 98 valence electrons. The van der Waals surface area contributed by atoms with Crippen LogP contribution in [-0.4, -0.2) is 37.6 Å². The first-order valence-corrected chi connectivity index (χ1v) is 6.51. The molecule has 0 aliphatic heterocycles. The topological polar surface area (TPSA) is 28.4 Å². The second kappa shape index (κ2) is 7.51. The predicted octanol–water partition coefficient (Wildman–Crippen LogP) is 2.53. The van der Waals surface area contributed by atoms with Gasteiger partial charge in [0.15, 0.2) is 0 Å². The normalized spacial score (nSPS) is 15.1. The Balaban J connectivity index is 2.13. The molecule has 0 radical (unpaired) electrons. The van der Waals surface area contributed by atoms with Crippen LogP contribution in [0.5, 0.6) is 0 Å². The molecule has 0 fully saturated rings. The van der Waals surface area contributed by atoms with E-state index in [0.29, 0.717) is 12.1 Å². The Labute approximate surface area is 105 Å². The van der Waals surface area contributed by atoms with Crippen LogP contribution >= 0.6 is 0 Å². The molecule has 0 aliphatic carbocycles. The summed E-state index contributed by atoms with van der Waals surface area (Å²) in [6.07, 6.45) is 5.08. The molecule has 0 spiro atoms. The number of nitrogens with zero attached hydrogens (tertiary/aromatic N) is 1. The maximum Gasteiger partial charge on any atom is 0.103 e. The largest absolute Gasteiger partial charge is 0.469 e. The fourth-order valence-electron chi connectivity index (χ4n) is 1.92. The molecule has 1 heterocycles. The molecule has 0 amide bonds. The van der Waals surface area contributed by atoms with Gasteiger partial charge in [0.1, 0.15) is 5.76 Å². The molecule has 1 rings (SSSR count). The van der Waals surface area contributed by atoms with Crippen molar-refractivity contribution in [3.63, 3.8) is 0 Å². The highest BCUT2D eigenvalue weighted by atomic mass is 16.3. The van der Waals surface area contributed by atoms with Gasteiger partial charge in [0.25, 0.3) is 0 Å². The van der Waals surface area contributed by atoms with E-state index in [2.05, 4.69) is 38.2 Å². The summed E-state index contributed by atoms with van der Waals surface area (Å²) in [7, 11) is 4.24. The van der Waals surface area contributed by atoms with Gasteiger partial charge in [0.2, 0.25) is 0 Å². The number of furan rings is 1. The third-order valence-electron chi connectivity index (χ3n) is 2.98. The van der Waals surface area contributed by atoms with Crippen LogP contribution in [0.25, 0.3) is 0 Å². The Morgan fingerprint density at radius 2 is 1.94 bits per heavy atom. The molecule has 0 bridgehead atoms. The van der Waals surface area contributed by atoms with Gasteiger partial charge in [-0.15, -0.1) is 0 Å². The van der Waals surface area contributed by atoms with Crippen molar-refractivity contribution in [1.82, 2.24) is 10.2 Å². The lowest BCUT2D eigenvalue weighted by atomic mass is 10.1. The highest BCUT2D eigenvalue weighted by Crippen LogP contribution is 2.06. The standard InChI is InChI=1S/C14H26N2O/c1-12(7-8-14-6-5-11-17-14)15-13(2)9-10-16(3)4/h5-6,11-13,15H,7-10H2,1-4H3. The van der Waals surface area contributed by atoms with Crippen molar-refractivity contribution in [3.05, 3.63) is 24.2 Å². The number of hydrogen-bond acceptors (Lipinski definition) is 3. The zero-order valence-corrected chi connectivity index (χ0v) is 11.6. The van der Waals surface area contributed by atoms with Gasteiger partial charge >= 0.3 is 0 Å². The van der Waals surface area contributed by atoms with Crippen LogP contribution in [0.1, 0.15) is 32.4 Å². The molecule has 0 saturated heterocycles. The molecule has 0 saturated carbocycles. The Morgan fingerprint density at radius 3 is 2.53 bits per heavy atom. The summed E-state index contributed by atoms with van der Waals surface area (Å²) in [5, 5.41) is 3.63. The average molecular weight is 238 g/mol. The Morgan fingerprint density at radius 1 is 1.24 bits per heavy atom. The van der Waals surface area contributed by atoms with Crippen molar-refractivity contribution >= 4 is 0 Å². The number of hydrogen-bond donors (Lipinski definition) is 1. The highest BCUT2D eigenvalue weighted by molar-refractivity contribution is 4.98. The van der Waals surface area contributed by atoms with Gasteiger partial charge in [-0.2, -0.15) is 0 Å². The first-order chi connectivity index (χ1) is 8.08. The number of nitrogens with one attached hydrogen (secondary N) is 1. The van der Waals surface area contributed by atoms with Crippen LogP contribution in [-0.2, 0) is 6.42 Å². The summed E-state index contributed by atoms with van der Waals surface area (Å²) in [4.78, 5) is 2.23. The summed E-state index contributed by atoms with van der Waals surface area (Å²) in [6, 6.07) is 5.11. The molecule has 3 nitrogen and oxygen atoms in total. The van der Waals surface area contributed by atoms with Gasteiger partial charge in [0, 0.05) is 18.5 Å². The summed E-state index contributed by atoms with van der Waals surface area (Å²) < 4.78 is 5.33. The summed E-state index contributed by atoms with van der Waals surface area (Å²) >= 11 is 0. The maximum atomic E-state index is 5.33. The molecule has 1 aromatic heterocycles. The minimum absolute atomic E-state index is 0.539. The first-order valence-electron chi connectivity index (χ1n) is 6.51. The number of aryl methyl sites for hydroxylation is 1. The van der Waals surface area contributed by atoms with Crippen molar-refractivity contribution in [2.45, 2.75) is 45.2 Å². The van der Waals surface area contributed by atoms with Gasteiger partial charge < -0.3 is 14.6 Å². The van der Waals surface area contributed by atoms with E-state index < -0.39 is 0 Å². The van der Waals surface area contributed by atoms with E-state index in [9.17, 15) is 0 Å². The van der Waals surface area contributed by atoms with E-state index in [0.717, 1.165) is 25.1 Å². The summed E-state index contributed by atoms with van der Waals surface area (Å²) in [6.45, 7) is 5.64. The predicted molar refractivity (Wildman–Crippen MR) is 72.3 cm³/mol. The second-order valence-corrected chi connectivity index (χ2v) is 5.18. The van der Waals surface area contributed by atoms with E-state index in [1.807, 2.05) is 12.1 Å². The lowest BCUT2D eigenvalue weighted by Crippen LogP contribution is -2.36. The van der Waals surface area contributed by atoms with Gasteiger partial charge in [-0.3, -0.25) is 0 Å². The van der Waals surface area contributed by atoms with E-state index >= 15 is 0 Å². The van der Waals surface area contributed by atoms with E-state index in [-0.39, 0.29) is 0 Å². The fraction of sp³-hybridized carbons (Fsp3) is 0.714. The Hall–Kier alpha value is -0.800. The van der Waals surface area contributed by atoms with Gasteiger partial charge in [-0.05, 0) is 59.5 Å². The third kappa shape index (κ3) is 6.49. The monoisotopic (exact) mass is 238 g/mol. The molecule has 0 aliphatic rings. The van der Waals surface area contributed by atoms with E-state index in [1.54, 1.807) is 6.26 Å². The van der Waals surface area contributed by atoms with Crippen LogP contribution in [0.4, 0.5) is 0 Å². The van der Waals surface area contributed by atoms with Crippen molar-refractivity contribution in [2.24, 2.45) is 0 Å². The molecule has 17 heavy (non-hydrogen) atoms. The Bertz CT molecular complexity index is 282. The van der Waals surface area contributed by atoms with Crippen molar-refractivity contribution in [2.75, 3.05) is 20.6 Å². The lowest BCUT2D eigenvalue weighted by molar-refractivity contribution is 0.346. The molecule has 1 N–H and O–H groups in total. The van der Waals surface area contributed by atoms with Gasteiger partial charge in [-0.25, -0.2) is 0 Å². The van der Waals surface area contributed by atoms with Crippen molar-refractivity contribution in [1.29, 1.82) is 0 Å². The maximum absolute atomic E-state index is 5.33. The average Bonchev–Trinajstić information content (AvgIpc) is 2.76. The molecule has 1 aromatic rings. The zero-order valence-electron chi connectivity index (χ0n) is 11.6. The molecular weight excluding hydrogens is 212 g/mol. The fourth-order valence-corrected chi connectivity index (χ4v) is 1.92. The molecule has 2 unspecified atom stereocenters. The van der Waals surface area contributed by atoms with E-state index in [4.69, 9.17) is 4.42 Å². The molecular formula is C14H26N2O. The number of rotatable bonds is 8. The third-order valence-corrected chi connectivity index (χ3v) is 2.98. The lowest BCUT2D eigenvalue weighted by Gasteiger charge is -2.21. The van der Waals surface area contributed by atoms with Crippen LogP contribution < -0.4 is 5.32 Å².